The molecule has 1 amide bonds. The molecule has 0 aliphatic rings. The summed E-state index contributed by atoms with van der Waals surface area (Å²) in [4.78, 5) is 11.4. The van der Waals surface area contributed by atoms with E-state index in [-0.39, 0.29) is 18.6 Å². The fourth-order valence-corrected chi connectivity index (χ4v) is 1.86. The molecule has 5 heteroatoms. The third-order valence-electron chi connectivity index (χ3n) is 2.31. The number of amides is 1. The molecule has 0 spiro atoms. The predicted octanol–water partition coefficient (Wildman–Crippen LogP) is 1.74. The van der Waals surface area contributed by atoms with Crippen LogP contribution in [0.1, 0.15) is 19.4 Å². The van der Waals surface area contributed by atoms with Crippen LogP contribution in [0.2, 0.25) is 5.02 Å². The molecule has 1 aromatic rings. The molecule has 1 rings (SSSR count). The molecule has 18 heavy (non-hydrogen) atoms. The Bertz CT molecular complexity index is 408. The van der Waals surface area contributed by atoms with Gasteiger partial charge in [0.1, 0.15) is 5.75 Å². The highest BCUT2D eigenvalue weighted by Crippen LogP contribution is 2.29. The molecule has 0 fully saturated rings. The van der Waals surface area contributed by atoms with Gasteiger partial charge in [-0.2, -0.15) is 0 Å². The molecule has 0 saturated heterocycles. The van der Waals surface area contributed by atoms with Crippen molar-refractivity contribution in [3.63, 3.8) is 0 Å². The monoisotopic (exact) mass is 270 g/mol. The van der Waals surface area contributed by atoms with Crippen molar-refractivity contribution in [1.29, 1.82) is 0 Å². The molecular weight excluding hydrogens is 252 g/mol. The molecule has 3 N–H and O–H groups in total. The molecule has 100 valence electrons. The number of halogens is 1. The van der Waals surface area contributed by atoms with Gasteiger partial charge in [-0.1, -0.05) is 23.7 Å². The number of benzene rings is 1. The van der Waals surface area contributed by atoms with Crippen LogP contribution in [0.4, 0.5) is 0 Å². The van der Waals surface area contributed by atoms with Crippen molar-refractivity contribution in [3.05, 3.63) is 28.8 Å². The number of carbonyl (C=O) groups excluding carboxylic acids is 1. The van der Waals surface area contributed by atoms with Crippen LogP contribution in [-0.2, 0) is 11.2 Å². The summed E-state index contributed by atoms with van der Waals surface area (Å²) in [6.45, 7) is 4.31. The molecule has 0 aliphatic carbocycles. The van der Waals surface area contributed by atoms with E-state index in [1.165, 1.54) is 0 Å². The number of ether oxygens (including phenoxy) is 1. The van der Waals surface area contributed by atoms with Crippen LogP contribution in [0, 0.1) is 0 Å². The number of rotatable bonds is 6. The van der Waals surface area contributed by atoms with E-state index >= 15 is 0 Å². The Balaban J connectivity index is 2.76. The van der Waals surface area contributed by atoms with Crippen molar-refractivity contribution in [2.75, 3.05) is 13.2 Å². The maximum Gasteiger partial charge on any atom is 0.257 e. The number of hydrogen-bond acceptors (Lipinski definition) is 3. The molecule has 1 aromatic carbocycles. The van der Waals surface area contributed by atoms with Crippen molar-refractivity contribution in [2.45, 2.75) is 26.3 Å². The zero-order valence-electron chi connectivity index (χ0n) is 10.7. The summed E-state index contributed by atoms with van der Waals surface area (Å²) in [5.41, 5.74) is 6.69. The zero-order valence-corrected chi connectivity index (χ0v) is 11.5. The Labute approximate surface area is 112 Å². The summed E-state index contributed by atoms with van der Waals surface area (Å²) in [5, 5.41) is 3.16. The van der Waals surface area contributed by atoms with E-state index in [0.717, 1.165) is 5.56 Å². The molecule has 0 saturated carbocycles. The smallest absolute Gasteiger partial charge is 0.257 e. The Morgan fingerprint density at radius 3 is 2.89 bits per heavy atom. The summed E-state index contributed by atoms with van der Waals surface area (Å²) in [7, 11) is 0. The first-order valence-electron chi connectivity index (χ1n) is 5.97. The van der Waals surface area contributed by atoms with E-state index in [4.69, 9.17) is 22.1 Å². The van der Waals surface area contributed by atoms with Gasteiger partial charge in [0.05, 0.1) is 5.02 Å². The van der Waals surface area contributed by atoms with E-state index in [0.29, 0.717) is 23.7 Å². The lowest BCUT2D eigenvalue weighted by Crippen LogP contribution is -2.28. The first-order valence-corrected chi connectivity index (χ1v) is 6.34. The Hall–Kier alpha value is -1.26. The average molecular weight is 271 g/mol. The van der Waals surface area contributed by atoms with Crippen molar-refractivity contribution in [3.8, 4) is 5.75 Å². The Kier molecular flexibility index (Phi) is 5.95. The first-order chi connectivity index (χ1) is 8.54. The lowest BCUT2D eigenvalue weighted by atomic mass is 10.1. The van der Waals surface area contributed by atoms with Crippen molar-refractivity contribution in [2.24, 2.45) is 5.73 Å². The van der Waals surface area contributed by atoms with Gasteiger partial charge in [-0.25, -0.2) is 0 Å². The average Bonchev–Trinajstić information content (AvgIpc) is 2.28. The fraction of sp³-hybridized carbons (Fsp3) is 0.462. The number of nitrogens with one attached hydrogen (secondary N) is 1. The number of hydrogen-bond donors (Lipinski definition) is 2. The number of nitrogens with two attached hydrogens (primary N) is 1. The standard InChI is InChI=1S/C13H19ClN2O2/c1-3-16-12(17)8-18-13-10(7-9(2)15)5-4-6-11(13)14/h4-6,9H,3,7-8,15H2,1-2H3,(H,16,17). The minimum Gasteiger partial charge on any atom is -0.482 e. The molecule has 0 bridgehead atoms. The lowest BCUT2D eigenvalue weighted by Gasteiger charge is -2.14. The third-order valence-corrected chi connectivity index (χ3v) is 2.61. The van der Waals surface area contributed by atoms with Gasteiger partial charge in [-0.3, -0.25) is 4.79 Å². The summed E-state index contributed by atoms with van der Waals surface area (Å²) in [6, 6.07) is 5.50. The highest BCUT2D eigenvalue weighted by Gasteiger charge is 2.11. The van der Waals surface area contributed by atoms with Crippen molar-refractivity contribution < 1.29 is 9.53 Å². The summed E-state index contributed by atoms with van der Waals surface area (Å²) >= 11 is 6.08. The second kappa shape index (κ2) is 7.24. The SMILES string of the molecule is CCNC(=O)COc1c(Cl)cccc1CC(C)N. The Morgan fingerprint density at radius 1 is 1.56 bits per heavy atom. The number of likely N-dealkylation sites (N-methyl/N-ethyl adjacent to an activating group) is 1. The van der Waals surface area contributed by atoms with Gasteiger partial charge in [0, 0.05) is 12.6 Å². The lowest BCUT2D eigenvalue weighted by molar-refractivity contribution is -0.122. The maximum absolute atomic E-state index is 11.4. The second-order valence-corrected chi connectivity index (χ2v) is 4.56. The minimum absolute atomic E-state index is 0.00952. The van der Waals surface area contributed by atoms with Gasteiger partial charge in [-0.15, -0.1) is 0 Å². The quantitative estimate of drug-likeness (QED) is 0.828. The fourth-order valence-electron chi connectivity index (χ4n) is 1.61. The van der Waals surface area contributed by atoms with Gasteiger partial charge in [0.15, 0.2) is 6.61 Å². The molecule has 0 heterocycles. The van der Waals surface area contributed by atoms with Crippen LogP contribution in [0.3, 0.4) is 0 Å². The van der Waals surface area contributed by atoms with Crippen LogP contribution in [0.5, 0.6) is 5.75 Å². The van der Waals surface area contributed by atoms with Gasteiger partial charge in [0.25, 0.3) is 5.91 Å². The predicted molar refractivity (Wildman–Crippen MR) is 73.0 cm³/mol. The molecule has 1 atom stereocenters. The summed E-state index contributed by atoms with van der Waals surface area (Å²) < 4.78 is 5.48. The van der Waals surface area contributed by atoms with Gasteiger partial charge >= 0.3 is 0 Å². The van der Waals surface area contributed by atoms with Crippen LogP contribution < -0.4 is 15.8 Å². The van der Waals surface area contributed by atoms with Gasteiger partial charge in [-0.05, 0) is 31.9 Å². The number of para-hydroxylation sites is 1. The van der Waals surface area contributed by atoms with Crippen molar-refractivity contribution in [1.82, 2.24) is 5.32 Å². The molecule has 0 radical (unpaired) electrons. The third kappa shape index (κ3) is 4.55. The highest BCUT2D eigenvalue weighted by molar-refractivity contribution is 6.32. The van der Waals surface area contributed by atoms with Gasteiger partial charge < -0.3 is 15.8 Å². The van der Waals surface area contributed by atoms with E-state index in [9.17, 15) is 4.79 Å². The summed E-state index contributed by atoms with van der Waals surface area (Å²) in [5.74, 6) is 0.381. The van der Waals surface area contributed by atoms with E-state index in [1.54, 1.807) is 6.07 Å². The van der Waals surface area contributed by atoms with E-state index in [1.807, 2.05) is 26.0 Å². The zero-order chi connectivity index (χ0) is 13.5. The first kappa shape index (κ1) is 14.8. The van der Waals surface area contributed by atoms with Crippen molar-refractivity contribution >= 4 is 17.5 Å². The van der Waals surface area contributed by atoms with Crippen LogP contribution in [-0.4, -0.2) is 25.1 Å². The topological polar surface area (TPSA) is 64.3 Å². The number of carbonyl (C=O) groups is 1. The summed E-state index contributed by atoms with van der Waals surface area (Å²) in [6.07, 6.45) is 0.658. The van der Waals surface area contributed by atoms with Crippen LogP contribution in [0.25, 0.3) is 0 Å². The highest BCUT2D eigenvalue weighted by atomic mass is 35.5. The van der Waals surface area contributed by atoms with Crippen LogP contribution in [0.15, 0.2) is 18.2 Å². The molecule has 0 aliphatic heterocycles. The van der Waals surface area contributed by atoms with Gasteiger partial charge in [0.2, 0.25) is 0 Å². The molecule has 1 unspecified atom stereocenters. The van der Waals surface area contributed by atoms with Crippen LogP contribution >= 0.6 is 11.6 Å². The minimum atomic E-state index is -0.163. The van der Waals surface area contributed by atoms with E-state index < -0.39 is 0 Å². The molecule has 0 aromatic heterocycles. The Morgan fingerprint density at radius 2 is 2.28 bits per heavy atom. The largest absolute Gasteiger partial charge is 0.482 e. The normalized spacial score (nSPS) is 12.0. The molecular formula is C13H19ClN2O2. The van der Waals surface area contributed by atoms with E-state index in [2.05, 4.69) is 5.32 Å². The molecule has 4 nitrogen and oxygen atoms in total. The maximum atomic E-state index is 11.4. The second-order valence-electron chi connectivity index (χ2n) is 4.15.